The van der Waals surface area contributed by atoms with Crippen molar-refractivity contribution in [2.75, 3.05) is 26.2 Å². The Balaban J connectivity index is 0.00000392. The minimum absolute atomic E-state index is 0. The molecule has 0 aliphatic heterocycles. The van der Waals surface area contributed by atoms with Gasteiger partial charge in [0, 0.05) is 25.2 Å². The molecule has 7 nitrogen and oxygen atoms in total. The maximum absolute atomic E-state index is 6.48. The van der Waals surface area contributed by atoms with Gasteiger partial charge in [-0.25, -0.2) is 9.98 Å². The first-order valence-corrected chi connectivity index (χ1v) is 9.81. The SMILES string of the molecule is CCNC(=NCc1ncnn1C)NCC(c1ccccc1Cl)N(CC)CC.I. The Bertz CT molecular complexity index is 731. The van der Waals surface area contributed by atoms with Crippen molar-refractivity contribution in [2.24, 2.45) is 12.0 Å². The van der Waals surface area contributed by atoms with Crippen LogP contribution in [-0.4, -0.2) is 51.8 Å². The van der Waals surface area contributed by atoms with E-state index < -0.39 is 0 Å². The van der Waals surface area contributed by atoms with Crippen LogP contribution in [0.5, 0.6) is 0 Å². The summed E-state index contributed by atoms with van der Waals surface area (Å²) in [4.78, 5) is 11.2. The quantitative estimate of drug-likeness (QED) is 0.302. The first-order chi connectivity index (χ1) is 13.1. The molecule has 0 amide bonds. The number of aromatic nitrogens is 3. The van der Waals surface area contributed by atoms with Crippen LogP contribution in [0.15, 0.2) is 35.6 Å². The van der Waals surface area contributed by atoms with Crippen molar-refractivity contribution in [2.45, 2.75) is 33.4 Å². The molecule has 0 aliphatic carbocycles. The summed E-state index contributed by atoms with van der Waals surface area (Å²) in [6.45, 7) is 10.2. The van der Waals surface area contributed by atoms with Gasteiger partial charge in [-0.15, -0.1) is 24.0 Å². The molecule has 1 aromatic heterocycles. The van der Waals surface area contributed by atoms with E-state index in [0.29, 0.717) is 13.1 Å². The zero-order chi connectivity index (χ0) is 19.6. The highest BCUT2D eigenvalue weighted by atomic mass is 127. The van der Waals surface area contributed by atoms with Gasteiger partial charge in [-0.3, -0.25) is 9.58 Å². The summed E-state index contributed by atoms with van der Waals surface area (Å²) in [6.07, 6.45) is 1.54. The van der Waals surface area contributed by atoms with Gasteiger partial charge in [0.05, 0.1) is 6.04 Å². The molecule has 1 aromatic carbocycles. The number of hydrogen-bond acceptors (Lipinski definition) is 4. The fourth-order valence-electron chi connectivity index (χ4n) is 2.99. The molecule has 0 spiro atoms. The lowest BCUT2D eigenvalue weighted by Gasteiger charge is -2.31. The Kier molecular flexibility index (Phi) is 11.4. The minimum Gasteiger partial charge on any atom is -0.357 e. The second kappa shape index (κ2) is 12.9. The van der Waals surface area contributed by atoms with Crippen LogP contribution in [0.25, 0.3) is 0 Å². The summed E-state index contributed by atoms with van der Waals surface area (Å²) in [6, 6.07) is 8.19. The van der Waals surface area contributed by atoms with Crippen LogP contribution in [-0.2, 0) is 13.6 Å². The standard InChI is InChI=1S/C19H30ClN7.HI/c1-5-21-19(23-13-18-24-14-25-26(18)4)22-12-17(27(6-2)7-3)15-10-8-9-11-16(15)20;/h8-11,14,17H,5-7,12-13H2,1-4H3,(H2,21,22,23);1H. The van der Waals surface area contributed by atoms with E-state index in [9.17, 15) is 0 Å². The number of hydrogen-bond donors (Lipinski definition) is 2. The monoisotopic (exact) mass is 519 g/mol. The average molecular weight is 520 g/mol. The van der Waals surface area contributed by atoms with Crippen molar-refractivity contribution < 1.29 is 0 Å². The largest absolute Gasteiger partial charge is 0.357 e. The van der Waals surface area contributed by atoms with Crippen molar-refractivity contribution in [3.63, 3.8) is 0 Å². The molecular weight excluding hydrogens is 489 g/mol. The lowest BCUT2D eigenvalue weighted by molar-refractivity contribution is 0.219. The molecule has 2 N–H and O–H groups in total. The number of halogens is 2. The summed E-state index contributed by atoms with van der Waals surface area (Å²) in [5, 5.41) is 11.6. The van der Waals surface area contributed by atoms with E-state index in [4.69, 9.17) is 11.6 Å². The molecule has 0 radical (unpaired) electrons. The summed E-state index contributed by atoms with van der Waals surface area (Å²) in [5.74, 6) is 1.57. The summed E-state index contributed by atoms with van der Waals surface area (Å²) in [5.41, 5.74) is 1.12. The lowest BCUT2D eigenvalue weighted by atomic mass is 10.0. The molecule has 2 aromatic rings. The summed E-state index contributed by atoms with van der Waals surface area (Å²) >= 11 is 6.48. The van der Waals surface area contributed by atoms with Crippen molar-refractivity contribution in [3.05, 3.63) is 47.0 Å². The van der Waals surface area contributed by atoms with Crippen LogP contribution >= 0.6 is 35.6 Å². The first kappa shape index (κ1) is 24.6. The number of aliphatic imine (C=N–C) groups is 1. The smallest absolute Gasteiger partial charge is 0.191 e. The highest BCUT2D eigenvalue weighted by molar-refractivity contribution is 14.0. The molecule has 28 heavy (non-hydrogen) atoms. The Labute approximate surface area is 190 Å². The maximum atomic E-state index is 6.48. The van der Waals surface area contributed by atoms with Crippen LogP contribution in [0.1, 0.15) is 38.2 Å². The molecule has 0 saturated heterocycles. The van der Waals surface area contributed by atoms with E-state index in [1.54, 1.807) is 11.0 Å². The summed E-state index contributed by atoms with van der Waals surface area (Å²) in [7, 11) is 1.87. The number of rotatable bonds is 9. The van der Waals surface area contributed by atoms with E-state index in [0.717, 1.165) is 42.0 Å². The number of aryl methyl sites for hydroxylation is 1. The molecule has 0 bridgehead atoms. The summed E-state index contributed by atoms with van der Waals surface area (Å²) < 4.78 is 1.73. The Morgan fingerprint density at radius 1 is 1.21 bits per heavy atom. The van der Waals surface area contributed by atoms with Gasteiger partial charge < -0.3 is 10.6 Å². The third-order valence-electron chi connectivity index (χ3n) is 4.51. The minimum atomic E-state index is 0. The lowest BCUT2D eigenvalue weighted by Crippen LogP contribution is -2.43. The number of likely N-dealkylation sites (N-methyl/N-ethyl adjacent to an activating group) is 1. The van der Waals surface area contributed by atoms with Gasteiger partial charge in [-0.2, -0.15) is 5.10 Å². The fraction of sp³-hybridized carbons (Fsp3) is 0.526. The average Bonchev–Trinajstić information content (AvgIpc) is 3.08. The van der Waals surface area contributed by atoms with Crippen molar-refractivity contribution >= 4 is 41.5 Å². The predicted octanol–water partition coefficient (Wildman–Crippen LogP) is 3.22. The van der Waals surface area contributed by atoms with Crippen molar-refractivity contribution in [1.29, 1.82) is 0 Å². The molecule has 0 saturated carbocycles. The number of nitrogens with one attached hydrogen (secondary N) is 2. The zero-order valence-electron chi connectivity index (χ0n) is 17.0. The fourth-order valence-corrected chi connectivity index (χ4v) is 3.26. The molecule has 1 atom stereocenters. The molecular formula is C19H31ClIN7. The van der Waals surface area contributed by atoms with E-state index in [1.165, 1.54) is 0 Å². The Morgan fingerprint density at radius 3 is 2.50 bits per heavy atom. The van der Waals surface area contributed by atoms with E-state index >= 15 is 0 Å². The van der Waals surface area contributed by atoms with Gasteiger partial charge in [0.2, 0.25) is 0 Å². The highest BCUT2D eigenvalue weighted by Gasteiger charge is 2.20. The second-order valence-corrected chi connectivity index (χ2v) is 6.54. The molecule has 0 fully saturated rings. The van der Waals surface area contributed by atoms with Gasteiger partial charge in [-0.1, -0.05) is 43.6 Å². The maximum Gasteiger partial charge on any atom is 0.191 e. The van der Waals surface area contributed by atoms with Crippen molar-refractivity contribution in [1.82, 2.24) is 30.3 Å². The Morgan fingerprint density at radius 2 is 1.93 bits per heavy atom. The molecule has 1 unspecified atom stereocenters. The Hall–Kier alpha value is -1.39. The first-order valence-electron chi connectivity index (χ1n) is 9.44. The zero-order valence-corrected chi connectivity index (χ0v) is 20.1. The third kappa shape index (κ3) is 6.89. The van der Waals surface area contributed by atoms with Crippen LogP contribution in [0.2, 0.25) is 5.02 Å². The van der Waals surface area contributed by atoms with Crippen LogP contribution in [0.3, 0.4) is 0 Å². The highest BCUT2D eigenvalue weighted by Crippen LogP contribution is 2.26. The third-order valence-corrected chi connectivity index (χ3v) is 4.85. The van der Waals surface area contributed by atoms with E-state index in [1.807, 2.05) is 25.2 Å². The number of nitrogens with zero attached hydrogens (tertiary/aromatic N) is 5. The number of benzene rings is 1. The predicted molar refractivity (Wildman–Crippen MR) is 126 cm³/mol. The van der Waals surface area contributed by atoms with E-state index in [2.05, 4.69) is 57.4 Å². The normalized spacial score (nSPS) is 12.6. The molecule has 9 heteroatoms. The topological polar surface area (TPSA) is 70.4 Å². The van der Waals surface area contributed by atoms with E-state index in [-0.39, 0.29) is 30.0 Å². The van der Waals surface area contributed by atoms with Crippen molar-refractivity contribution in [3.8, 4) is 0 Å². The van der Waals surface area contributed by atoms with Gasteiger partial charge in [0.1, 0.15) is 18.7 Å². The number of guanidine groups is 1. The molecule has 0 aliphatic rings. The van der Waals surface area contributed by atoms with Crippen LogP contribution in [0, 0.1) is 0 Å². The molecule has 156 valence electrons. The van der Waals surface area contributed by atoms with Gasteiger partial charge in [0.25, 0.3) is 0 Å². The van der Waals surface area contributed by atoms with Gasteiger partial charge in [0.15, 0.2) is 5.96 Å². The molecule has 1 heterocycles. The van der Waals surface area contributed by atoms with Crippen LogP contribution in [0.4, 0.5) is 0 Å². The van der Waals surface area contributed by atoms with Crippen LogP contribution < -0.4 is 10.6 Å². The van der Waals surface area contributed by atoms with Gasteiger partial charge >= 0.3 is 0 Å². The second-order valence-electron chi connectivity index (χ2n) is 6.13. The van der Waals surface area contributed by atoms with Gasteiger partial charge in [-0.05, 0) is 31.6 Å². The molecule has 2 rings (SSSR count).